The number of hydrogen-bond acceptors (Lipinski definition) is 3. The number of piperidine rings is 1. The molecule has 0 radical (unpaired) electrons. The zero-order valence-electron chi connectivity index (χ0n) is 15.3. The number of ketones is 1. The van der Waals surface area contributed by atoms with Crippen LogP contribution in [0.1, 0.15) is 64.9 Å². The van der Waals surface area contributed by atoms with Crippen LogP contribution in [0.5, 0.6) is 0 Å². The average molecular weight is 319 g/mol. The van der Waals surface area contributed by atoms with Crippen molar-refractivity contribution in [2.45, 2.75) is 65.8 Å². The Labute approximate surface area is 141 Å². The van der Waals surface area contributed by atoms with Gasteiger partial charge in [-0.3, -0.25) is 14.4 Å². The number of Topliss-reactive ketones (excluding diaryl/α,β-unsaturated/α-hetero) is 1. The van der Waals surface area contributed by atoms with E-state index in [0.29, 0.717) is 24.2 Å². The van der Waals surface area contributed by atoms with E-state index in [4.69, 9.17) is 0 Å². The monoisotopic (exact) mass is 319 g/mol. The summed E-state index contributed by atoms with van der Waals surface area (Å²) in [5, 5.41) is 4.49. The predicted octanol–water partition coefficient (Wildman–Crippen LogP) is 3.72. The molecule has 4 heteroatoms. The summed E-state index contributed by atoms with van der Waals surface area (Å²) in [5.41, 5.74) is 1.32. The van der Waals surface area contributed by atoms with E-state index in [0.717, 1.165) is 32.5 Å². The van der Waals surface area contributed by atoms with Crippen LogP contribution >= 0.6 is 0 Å². The molecule has 1 saturated heterocycles. The molecule has 1 fully saturated rings. The maximum absolute atomic E-state index is 12.2. The highest BCUT2D eigenvalue weighted by Gasteiger charge is 2.23. The van der Waals surface area contributed by atoms with Crippen LogP contribution in [-0.2, 0) is 11.3 Å². The van der Waals surface area contributed by atoms with Crippen molar-refractivity contribution in [2.24, 2.45) is 11.8 Å². The molecule has 1 unspecified atom stereocenters. The van der Waals surface area contributed by atoms with Crippen LogP contribution in [0.25, 0.3) is 0 Å². The first-order valence-electron chi connectivity index (χ1n) is 9.27. The molecule has 0 aromatic carbocycles. The van der Waals surface area contributed by atoms with Gasteiger partial charge >= 0.3 is 0 Å². The van der Waals surface area contributed by atoms with E-state index in [-0.39, 0.29) is 5.92 Å². The first kappa shape index (κ1) is 18.2. The van der Waals surface area contributed by atoms with E-state index in [1.807, 2.05) is 6.20 Å². The molecule has 1 aliphatic rings. The van der Waals surface area contributed by atoms with Gasteiger partial charge in [0.05, 0.1) is 12.7 Å². The van der Waals surface area contributed by atoms with Crippen molar-refractivity contribution in [2.75, 3.05) is 19.6 Å². The van der Waals surface area contributed by atoms with Gasteiger partial charge in [-0.25, -0.2) is 0 Å². The zero-order chi connectivity index (χ0) is 16.8. The minimum atomic E-state index is 0.219. The number of carbonyl (C=O) groups is 1. The Kier molecular flexibility index (Phi) is 6.82. The molecular formula is C19H33N3O. The Morgan fingerprint density at radius 3 is 2.57 bits per heavy atom. The fourth-order valence-electron chi connectivity index (χ4n) is 3.34. The lowest BCUT2D eigenvalue weighted by molar-refractivity contribution is -0.124. The van der Waals surface area contributed by atoms with Crippen molar-refractivity contribution in [3.8, 4) is 0 Å². The second kappa shape index (κ2) is 8.62. The Balaban J connectivity index is 1.74. The summed E-state index contributed by atoms with van der Waals surface area (Å²) in [5.74, 6) is 1.87. The number of hydrogen-bond donors (Lipinski definition) is 0. The number of likely N-dealkylation sites (tertiary alicyclic amines) is 1. The molecule has 1 aromatic rings. The van der Waals surface area contributed by atoms with Gasteiger partial charge in [-0.05, 0) is 49.8 Å². The minimum absolute atomic E-state index is 0.219. The molecule has 0 saturated carbocycles. The Hall–Kier alpha value is -1.16. The molecule has 0 aliphatic carbocycles. The van der Waals surface area contributed by atoms with E-state index in [2.05, 4.69) is 48.6 Å². The normalized spacial score (nSPS) is 18.5. The van der Waals surface area contributed by atoms with Gasteiger partial charge in [0.1, 0.15) is 5.78 Å². The molecule has 1 aromatic heterocycles. The summed E-state index contributed by atoms with van der Waals surface area (Å²) in [7, 11) is 0. The molecule has 23 heavy (non-hydrogen) atoms. The summed E-state index contributed by atoms with van der Waals surface area (Å²) in [6.45, 7) is 12.4. The summed E-state index contributed by atoms with van der Waals surface area (Å²) < 4.78 is 2.10. The van der Waals surface area contributed by atoms with E-state index >= 15 is 0 Å². The summed E-state index contributed by atoms with van der Waals surface area (Å²) in [4.78, 5) is 14.5. The first-order valence-corrected chi connectivity index (χ1v) is 9.27. The number of aromatic nitrogens is 2. The molecule has 0 N–H and O–H groups in total. The van der Waals surface area contributed by atoms with Crippen LogP contribution in [0.2, 0.25) is 0 Å². The summed E-state index contributed by atoms with van der Waals surface area (Å²) in [6.07, 6.45) is 8.64. The number of nitrogens with zero attached hydrogens (tertiary/aromatic N) is 3. The minimum Gasteiger partial charge on any atom is -0.298 e. The summed E-state index contributed by atoms with van der Waals surface area (Å²) in [6, 6.07) is 0. The van der Waals surface area contributed by atoms with Crippen molar-refractivity contribution in [3.63, 3.8) is 0 Å². The zero-order valence-corrected chi connectivity index (χ0v) is 15.3. The lowest BCUT2D eigenvalue weighted by Gasteiger charge is -2.32. The lowest BCUT2D eigenvalue weighted by Crippen LogP contribution is -2.39. The van der Waals surface area contributed by atoms with E-state index in [1.54, 1.807) is 0 Å². The molecule has 0 spiro atoms. The Morgan fingerprint density at radius 2 is 2.00 bits per heavy atom. The van der Waals surface area contributed by atoms with Crippen LogP contribution in [0, 0.1) is 11.8 Å². The van der Waals surface area contributed by atoms with Crippen molar-refractivity contribution in [1.29, 1.82) is 0 Å². The average Bonchev–Trinajstić information content (AvgIpc) is 2.98. The molecule has 4 nitrogen and oxygen atoms in total. The molecule has 1 atom stereocenters. The maximum atomic E-state index is 12.2. The lowest BCUT2D eigenvalue weighted by atomic mass is 9.95. The second-order valence-electron chi connectivity index (χ2n) is 7.53. The smallest absolute Gasteiger partial charge is 0.149 e. The van der Waals surface area contributed by atoms with Gasteiger partial charge < -0.3 is 0 Å². The predicted molar refractivity (Wildman–Crippen MR) is 94.6 cm³/mol. The van der Waals surface area contributed by atoms with Crippen LogP contribution in [0.4, 0.5) is 0 Å². The van der Waals surface area contributed by atoms with Crippen LogP contribution < -0.4 is 0 Å². The van der Waals surface area contributed by atoms with Gasteiger partial charge in [-0.2, -0.15) is 5.10 Å². The molecule has 1 aliphatic heterocycles. The van der Waals surface area contributed by atoms with E-state index in [1.165, 1.54) is 18.4 Å². The van der Waals surface area contributed by atoms with Crippen molar-refractivity contribution in [1.82, 2.24) is 14.7 Å². The van der Waals surface area contributed by atoms with Crippen molar-refractivity contribution in [3.05, 3.63) is 18.0 Å². The van der Waals surface area contributed by atoms with Gasteiger partial charge in [0, 0.05) is 18.7 Å². The fourth-order valence-corrected chi connectivity index (χ4v) is 3.34. The third kappa shape index (κ3) is 5.45. The van der Waals surface area contributed by atoms with Crippen molar-refractivity contribution >= 4 is 5.78 Å². The van der Waals surface area contributed by atoms with E-state index in [9.17, 15) is 4.79 Å². The number of rotatable bonds is 8. The van der Waals surface area contributed by atoms with E-state index < -0.39 is 0 Å². The van der Waals surface area contributed by atoms with Gasteiger partial charge in [0.2, 0.25) is 0 Å². The Bertz CT molecular complexity index is 487. The van der Waals surface area contributed by atoms with Gasteiger partial charge in [0.25, 0.3) is 0 Å². The third-order valence-electron chi connectivity index (χ3n) is 5.12. The van der Waals surface area contributed by atoms with Gasteiger partial charge in [-0.1, -0.05) is 34.1 Å². The topological polar surface area (TPSA) is 38.1 Å². The standard InChI is InChI=1S/C19H33N3O/c1-5-6-16(4)19(23)14-21-9-7-17(8-10-21)12-22-13-18(11-20-22)15(2)3/h11,13,15-17H,5-10,12,14H2,1-4H3. The molecule has 2 heterocycles. The molecular weight excluding hydrogens is 286 g/mol. The van der Waals surface area contributed by atoms with Gasteiger partial charge in [0.15, 0.2) is 0 Å². The fraction of sp³-hybridized carbons (Fsp3) is 0.789. The molecule has 130 valence electrons. The van der Waals surface area contributed by atoms with Crippen LogP contribution in [0.15, 0.2) is 12.4 Å². The van der Waals surface area contributed by atoms with Gasteiger partial charge in [-0.15, -0.1) is 0 Å². The highest BCUT2D eigenvalue weighted by molar-refractivity contribution is 5.82. The molecule has 0 amide bonds. The van der Waals surface area contributed by atoms with Crippen molar-refractivity contribution < 1.29 is 4.79 Å². The highest BCUT2D eigenvalue weighted by Crippen LogP contribution is 2.21. The third-order valence-corrected chi connectivity index (χ3v) is 5.12. The van der Waals surface area contributed by atoms with Crippen LogP contribution in [0.3, 0.4) is 0 Å². The number of carbonyl (C=O) groups excluding carboxylic acids is 1. The molecule has 0 bridgehead atoms. The summed E-state index contributed by atoms with van der Waals surface area (Å²) >= 11 is 0. The second-order valence-corrected chi connectivity index (χ2v) is 7.53. The molecule has 2 rings (SSSR count). The van der Waals surface area contributed by atoms with Crippen LogP contribution in [-0.4, -0.2) is 40.1 Å². The highest BCUT2D eigenvalue weighted by atomic mass is 16.1. The SMILES string of the molecule is CCCC(C)C(=O)CN1CCC(Cn2cc(C(C)C)cn2)CC1. The maximum Gasteiger partial charge on any atom is 0.149 e. The first-order chi connectivity index (χ1) is 11.0. The quantitative estimate of drug-likeness (QED) is 0.733. The largest absolute Gasteiger partial charge is 0.298 e. The Morgan fingerprint density at radius 1 is 1.30 bits per heavy atom.